The van der Waals surface area contributed by atoms with E-state index < -0.39 is 0 Å². The van der Waals surface area contributed by atoms with E-state index in [9.17, 15) is 0 Å². The fourth-order valence-corrected chi connectivity index (χ4v) is 11.9. The van der Waals surface area contributed by atoms with Gasteiger partial charge in [-0.3, -0.25) is 0 Å². The Kier molecular flexibility index (Phi) is 9.23. The van der Waals surface area contributed by atoms with E-state index in [1.165, 1.54) is 21.5 Å². The first kappa shape index (κ1) is 42.2. The molecule has 0 saturated heterocycles. The number of benzene rings is 11. The van der Waals surface area contributed by atoms with Crippen molar-refractivity contribution in [3.63, 3.8) is 0 Å². The van der Waals surface area contributed by atoms with Gasteiger partial charge in [-0.25, -0.2) is 9.97 Å². The van der Waals surface area contributed by atoms with E-state index in [4.69, 9.17) is 18.8 Å². The van der Waals surface area contributed by atoms with Crippen molar-refractivity contribution in [3.05, 3.63) is 255 Å². The van der Waals surface area contributed by atoms with Gasteiger partial charge >= 0.3 is 0 Å². The lowest BCUT2D eigenvalue weighted by atomic mass is 9.93. The molecule has 0 saturated carbocycles. The highest BCUT2D eigenvalue weighted by molar-refractivity contribution is 6.13. The molecule has 0 spiro atoms. The van der Waals surface area contributed by atoms with Crippen molar-refractivity contribution in [1.82, 2.24) is 19.1 Å². The molecule has 0 radical (unpaired) electrons. The van der Waals surface area contributed by atoms with Gasteiger partial charge in [-0.15, -0.1) is 0 Å². The first-order valence-corrected chi connectivity index (χ1v) is 25.7. The van der Waals surface area contributed by atoms with Crippen LogP contribution in [-0.4, -0.2) is 19.1 Å². The monoisotopic (exact) mass is 970 g/mol. The van der Waals surface area contributed by atoms with Crippen LogP contribution in [-0.2, 0) is 0 Å². The molecule has 0 amide bonds. The third-order valence-corrected chi connectivity index (χ3v) is 15.3. The molecule has 76 heavy (non-hydrogen) atoms. The molecule has 0 aliphatic carbocycles. The molecule has 354 valence electrons. The number of para-hydroxylation sites is 8. The van der Waals surface area contributed by atoms with Crippen molar-refractivity contribution in [2.75, 3.05) is 0 Å². The Labute approximate surface area is 435 Å². The predicted octanol–water partition coefficient (Wildman–Crippen LogP) is 18.8. The Morgan fingerprint density at radius 3 is 1.09 bits per heavy atom. The summed E-state index contributed by atoms with van der Waals surface area (Å²) in [5, 5.41) is 9.10. The average molecular weight is 971 g/mol. The molecule has 6 heteroatoms. The van der Waals surface area contributed by atoms with Crippen LogP contribution in [0.25, 0.3) is 155 Å². The van der Waals surface area contributed by atoms with Gasteiger partial charge in [0.2, 0.25) is 0 Å². The normalized spacial score (nSPS) is 11.9. The first-order chi connectivity index (χ1) is 37.7. The van der Waals surface area contributed by atoms with Crippen molar-refractivity contribution < 1.29 is 8.83 Å². The maximum Gasteiger partial charge on any atom is 0.160 e. The largest absolute Gasteiger partial charge is 0.455 e. The topological polar surface area (TPSA) is 61.9 Å². The highest BCUT2D eigenvalue weighted by Crippen LogP contribution is 2.44. The molecule has 0 bridgehead atoms. The van der Waals surface area contributed by atoms with Crippen LogP contribution in [0.5, 0.6) is 0 Å². The summed E-state index contributed by atoms with van der Waals surface area (Å²) in [6.45, 7) is 0. The van der Waals surface area contributed by atoms with Gasteiger partial charge in [-0.05, 0) is 90.0 Å². The number of hydrogen-bond donors (Lipinski definition) is 0. The van der Waals surface area contributed by atoms with Gasteiger partial charge in [0.05, 0.1) is 33.5 Å². The smallest absolute Gasteiger partial charge is 0.160 e. The SMILES string of the molecule is c1ccc(-c2nc(-c3cc(-c4cccc5c4oc4ccccc45)cc(-c4cccc5c4oc4ccccc45)c3)cc(-c3cc(-n4c5ccccc5c5ccccc54)cc(-n4c5ccccc5c5ccccc54)c3)n2)cc1. The summed E-state index contributed by atoms with van der Waals surface area (Å²) in [5.74, 6) is 0.625. The number of fused-ring (bicyclic) bond motifs is 12. The van der Waals surface area contributed by atoms with Crippen LogP contribution in [0.4, 0.5) is 0 Å². The number of rotatable bonds is 7. The summed E-state index contributed by atoms with van der Waals surface area (Å²) in [7, 11) is 0. The third kappa shape index (κ3) is 6.54. The van der Waals surface area contributed by atoms with Gasteiger partial charge < -0.3 is 18.0 Å². The molecule has 0 atom stereocenters. The fraction of sp³-hybridized carbons (Fsp3) is 0. The van der Waals surface area contributed by atoms with Crippen molar-refractivity contribution in [2.45, 2.75) is 0 Å². The first-order valence-electron chi connectivity index (χ1n) is 25.7. The fourth-order valence-electron chi connectivity index (χ4n) is 11.9. The van der Waals surface area contributed by atoms with Gasteiger partial charge in [-0.2, -0.15) is 0 Å². The van der Waals surface area contributed by atoms with Crippen molar-refractivity contribution in [1.29, 1.82) is 0 Å². The summed E-state index contributed by atoms with van der Waals surface area (Å²) >= 11 is 0. The van der Waals surface area contributed by atoms with E-state index in [-0.39, 0.29) is 0 Å². The van der Waals surface area contributed by atoms with Gasteiger partial charge in [-0.1, -0.05) is 176 Å². The van der Waals surface area contributed by atoms with Crippen LogP contribution < -0.4 is 0 Å². The molecule has 0 unspecified atom stereocenters. The van der Waals surface area contributed by atoms with Crippen LogP contribution in [0, 0.1) is 0 Å². The Hall–Kier alpha value is -10.3. The Morgan fingerprint density at radius 1 is 0.263 bits per heavy atom. The standard InChI is InChI=1S/C70H42N4O2/c1-2-18-43(19-3-1)70-71-60(46-37-44(50-26-16-28-58-56-24-8-14-34-66(56)75-68(50)58)36-45(38-46)51-27-17-29-59-57-25-9-15-35-67(57)76-69(51)59)42-61(72-70)47-39-48(73-62-30-10-4-20-52(62)53-21-5-11-31-63(53)73)41-49(40-47)74-64-32-12-6-22-54(64)55-23-7-13-33-65(55)74/h1-42H. The molecule has 5 aromatic heterocycles. The van der Waals surface area contributed by atoms with Gasteiger partial charge in [0, 0.05) is 82.3 Å². The Morgan fingerprint density at radius 2 is 0.632 bits per heavy atom. The summed E-state index contributed by atoms with van der Waals surface area (Å²) in [5.41, 5.74) is 18.3. The molecule has 5 heterocycles. The van der Waals surface area contributed by atoms with Crippen LogP contribution in [0.2, 0.25) is 0 Å². The summed E-state index contributed by atoms with van der Waals surface area (Å²) in [6, 6.07) is 90.4. The molecule has 0 aliphatic rings. The van der Waals surface area contributed by atoms with E-state index in [0.717, 1.165) is 128 Å². The molecular formula is C70H42N4O2. The lowest BCUT2D eigenvalue weighted by molar-refractivity contribution is 0.670. The predicted molar refractivity (Wildman–Crippen MR) is 312 cm³/mol. The average Bonchev–Trinajstić information content (AvgIpc) is 4.26. The number of nitrogens with zero attached hydrogens (tertiary/aromatic N) is 4. The zero-order chi connectivity index (χ0) is 49.8. The molecular weight excluding hydrogens is 929 g/mol. The molecule has 16 rings (SSSR count). The van der Waals surface area contributed by atoms with Crippen LogP contribution in [0.1, 0.15) is 0 Å². The zero-order valence-corrected chi connectivity index (χ0v) is 40.9. The van der Waals surface area contributed by atoms with E-state index in [0.29, 0.717) is 5.82 Å². The maximum atomic E-state index is 6.74. The second-order valence-corrected chi connectivity index (χ2v) is 19.7. The highest BCUT2D eigenvalue weighted by atomic mass is 16.3. The molecule has 11 aromatic carbocycles. The maximum absolute atomic E-state index is 6.74. The minimum absolute atomic E-state index is 0.625. The zero-order valence-electron chi connectivity index (χ0n) is 40.9. The van der Waals surface area contributed by atoms with Crippen molar-refractivity contribution >= 4 is 87.5 Å². The second-order valence-electron chi connectivity index (χ2n) is 19.7. The molecule has 0 N–H and O–H groups in total. The third-order valence-electron chi connectivity index (χ3n) is 15.3. The van der Waals surface area contributed by atoms with Crippen LogP contribution in [0.15, 0.2) is 264 Å². The van der Waals surface area contributed by atoms with E-state index in [2.05, 4.69) is 234 Å². The van der Waals surface area contributed by atoms with Crippen molar-refractivity contribution in [2.24, 2.45) is 0 Å². The number of aromatic nitrogens is 4. The van der Waals surface area contributed by atoms with Gasteiger partial charge in [0.1, 0.15) is 22.3 Å². The second kappa shape index (κ2) is 16.6. The number of hydrogen-bond acceptors (Lipinski definition) is 4. The van der Waals surface area contributed by atoms with E-state index in [1.54, 1.807) is 0 Å². The minimum Gasteiger partial charge on any atom is -0.455 e. The summed E-state index contributed by atoms with van der Waals surface area (Å²) < 4.78 is 18.3. The van der Waals surface area contributed by atoms with Gasteiger partial charge in [0.15, 0.2) is 5.82 Å². The summed E-state index contributed by atoms with van der Waals surface area (Å²) in [4.78, 5) is 11.0. The van der Waals surface area contributed by atoms with Crippen LogP contribution in [0.3, 0.4) is 0 Å². The molecule has 6 nitrogen and oxygen atoms in total. The Balaban J connectivity index is 0.983. The Bertz CT molecular complexity index is 4640. The quantitative estimate of drug-likeness (QED) is 0.160. The van der Waals surface area contributed by atoms with E-state index in [1.807, 2.05) is 30.3 Å². The lowest BCUT2D eigenvalue weighted by Crippen LogP contribution is -2.02. The van der Waals surface area contributed by atoms with Crippen LogP contribution >= 0.6 is 0 Å². The van der Waals surface area contributed by atoms with E-state index >= 15 is 0 Å². The summed E-state index contributed by atoms with van der Waals surface area (Å²) in [6.07, 6.45) is 0. The number of furan rings is 2. The lowest BCUT2D eigenvalue weighted by Gasteiger charge is -2.17. The molecule has 0 fully saturated rings. The van der Waals surface area contributed by atoms with Crippen molar-refractivity contribution in [3.8, 4) is 67.5 Å². The van der Waals surface area contributed by atoms with Gasteiger partial charge in [0.25, 0.3) is 0 Å². The minimum atomic E-state index is 0.625. The molecule has 0 aliphatic heterocycles. The molecule has 16 aromatic rings. The highest BCUT2D eigenvalue weighted by Gasteiger charge is 2.22.